The summed E-state index contributed by atoms with van der Waals surface area (Å²) >= 11 is 6.34. The zero-order chi connectivity index (χ0) is 24.2. The van der Waals surface area contributed by atoms with Crippen LogP contribution in [-0.2, 0) is 11.3 Å². The summed E-state index contributed by atoms with van der Waals surface area (Å²) in [4.78, 5) is 27.5. The van der Waals surface area contributed by atoms with Gasteiger partial charge in [-0.3, -0.25) is 9.59 Å². The van der Waals surface area contributed by atoms with Gasteiger partial charge in [0.05, 0.1) is 35.6 Å². The van der Waals surface area contributed by atoms with Gasteiger partial charge in [0, 0.05) is 31.3 Å². The Morgan fingerprint density at radius 1 is 1.18 bits per heavy atom. The predicted molar refractivity (Wildman–Crippen MR) is 124 cm³/mol. The molecule has 2 amide bonds. The number of amides is 2. The van der Waals surface area contributed by atoms with Crippen LogP contribution in [-0.4, -0.2) is 69.3 Å². The average Bonchev–Trinajstić information content (AvgIpc) is 3.36. The highest BCUT2D eigenvalue weighted by Crippen LogP contribution is 2.29. The van der Waals surface area contributed by atoms with Crippen molar-refractivity contribution in [1.29, 1.82) is 0 Å². The number of benzene rings is 2. The molecule has 0 radical (unpaired) electrons. The minimum Gasteiger partial charge on any atom is -0.496 e. The van der Waals surface area contributed by atoms with Crippen LogP contribution < -0.4 is 10.1 Å². The molecule has 2 aromatic carbocycles. The Kier molecular flexibility index (Phi) is 7.09. The normalized spacial score (nSPS) is 17.9. The Hall–Kier alpha value is -3.50. The van der Waals surface area contributed by atoms with E-state index in [0.717, 1.165) is 5.56 Å². The molecule has 2 atom stereocenters. The van der Waals surface area contributed by atoms with Crippen molar-refractivity contribution in [1.82, 2.24) is 30.4 Å². The van der Waals surface area contributed by atoms with Crippen LogP contribution in [0.1, 0.15) is 40.1 Å². The van der Waals surface area contributed by atoms with E-state index in [4.69, 9.17) is 21.1 Å². The van der Waals surface area contributed by atoms with Gasteiger partial charge in [0.1, 0.15) is 12.1 Å². The van der Waals surface area contributed by atoms with Gasteiger partial charge in [0.25, 0.3) is 11.8 Å². The Morgan fingerprint density at radius 2 is 1.88 bits per heavy atom. The number of hydrogen-bond donors (Lipinski definition) is 1. The summed E-state index contributed by atoms with van der Waals surface area (Å²) in [5, 5.41) is 14.1. The van der Waals surface area contributed by atoms with Gasteiger partial charge in [-0.1, -0.05) is 23.7 Å². The van der Waals surface area contributed by atoms with E-state index in [1.165, 1.54) is 24.2 Å². The van der Waals surface area contributed by atoms with Crippen LogP contribution in [0.5, 0.6) is 5.75 Å². The van der Waals surface area contributed by atoms with E-state index in [-0.39, 0.29) is 36.1 Å². The molecule has 0 spiro atoms. The lowest BCUT2D eigenvalue weighted by atomic mass is 10.1. The summed E-state index contributed by atoms with van der Waals surface area (Å²) < 4.78 is 12.5. The second-order valence-electron chi connectivity index (χ2n) is 8.11. The molecule has 2 heterocycles. The van der Waals surface area contributed by atoms with E-state index >= 15 is 0 Å². The zero-order valence-corrected chi connectivity index (χ0v) is 19.8. The molecule has 1 fully saturated rings. The molecule has 3 aromatic rings. The van der Waals surface area contributed by atoms with Crippen molar-refractivity contribution >= 4 is 23.4 Å². The second kappa shape index (κ2) is 10.2. The number of carbonyl (C=O) groups excluding carboxylic acids is 2. The highest BCUT2D eigenvalue weighted by molar-refractivity contribution is 6.33. The molecule has 4 rings (SSSR count). The SMILES string of the molecule is COc1cc(-n2cnnn2)c(Cl)cc1C(=O)NCc1ccc(C(=O)N2CC(C)OC(C)C2)cc1. The third-order valence-electron chi connectivity index (χ3n) is 5.47. The maximum atomic E-state index is 12.8. The molecule has 1 aliphatic heterocycles. The van der Waals surface area contributed by atoms with Gasteiger partial charge in [0.2, 0.25) is 0 Å². The van der Waals surface area contributed by atoms with E-state index in [2.05, 4.69) is 20.8 Å². The Labute approximate surface area is 201 Å². The molecule has 10 nitrogen and oxygen atoms in total. The van der Waals surface area contributed by atoms with Crippen molar-refractivity contribution in [2.75, 3.05) is 20.2 Å². The first-order valence-electron chi connectivity index (χ1n) is 10.8. The van der Waals surface area contributed by atoms with Gasteiger partial charge in [-0.2, -0.15) is 4.68 Å². The molecular weight excluding hydrogens is 460 g/mol. The quantitative estimate of drug-likeness (QED) is 0.572. The van der Waals surface area contributed by atoms with Gasteiger partial charge < -0.3 is 19.7 Å². The van der Waals surface area contributed by atoms with E-state index in [0.29, 0.717) is 35.1 Å². The van der Waals surface area contributed by atoms with Crippen molar-refractivity contribution in [2.45, 2.75) is 32.6 Å². The molecule has 0 saturated carbocycles. The van der Waals surface area contributed by atoms with Crippen LogP contribution in [0.4, 0.5) is 0 Å². The number of halogens is 1. The van der Waals surface area contributed by atoms with Crippen LogP contribution in [0, 0.1) is 0 Å². The number of hydrogen-bond acceptors (Lipinski definition) is 7. The van der Waals surface area contributed by atoms with Crippen LogP contribution in [0.3, 0.4) is 0 Å². The summed E-state index contributed by atoms with van der Waals surface area (Å²) in [5.41, 5.74) is 2.23. The molecule has 2 unspecified atom stereocenters. The summed E-state index contributed by atoms with van der Waals surface area (Å²) in [5.74, 6) is -0.0413. The number of tetrazole rings is 1. The number of nitrogens with one attached hydrogen (secondary N) is 1. The smallest absolute Gasteiger partial charge is 0.255 e. The van der Waals surface area contributed by atoms with E-state index in [1.54, 1.807) is 18.2 Å². The van der Waals surface area contributed by atoms with Crippen LogP contribution in [0.15, 0.2) is 42.7 Å². The molecular formula is C23H25ClN6O4. The molecule has 178 valence electrons. The van der Waals surface area contributed by atoms with Crippen molar-refractivity contribution in [3.05, 3.63) is 64.4 Å². The fourth-order valence-electron chi connectivity index (χ4n) is 3.91. The fraction of sp³-hybridized carbons (Fsp3) is 0.348. The number of ether oxygens (including phenoxy) is 2. The monoisotopic (exact) mass is 484 g/mol. The van der Waals surface area contributed by atoms with Gasteiger partial charge in [-0.15, -0.1) is 5.10 Å². The van der Waals surface area contributed by atoms with E-state index in [9.17, 15) is 9.59 Å². The van der Waals surface area contributed by atoms with Crippen LogP contribution >= 0.6 is 11.6 Å². The summed E-state index contributed by atoms with van der Waals surface area (Å²) in [6.07, 6.45) is 1.42. The Balaban J connectivity index is 1.41. The number of nitrogens with zero attached hydrogens (tertiary/aromatic N) is 5. The Bertz CT molecular complexity index is 1160. The van der Waals surface area contributed by atoms with Gasteiger partial charge in [0.15, 0.2) is 0 Å². The first kappa shape index (κ1) is 23.7. The van der Waals surface area contributed by atoms with E-state index in [1.807, 2.05) is 30.9 Å². The van der Waals surface area contributed by atoms with Crippen molar-refractivity contribution in [3.63, 3.8) is 0 Å². The largest absolute Gasteiger partial charge is 0.496 e. The summed E-state index contributed by atoms with van der Waals surface area (Å²) in [6.45, 7) is 5.33. The van der Waals surface area contributed by atoms with Gasteiger partial charge in [-0.25, -0.2) is 0 Å². The molecule has 0 bridgehead atoms. The highest BCUT2D eigenvalue weighted by Gasteiger charge is 2.26. The lowest BCUT2D eigenvalue weighted by Gasteiger charge is -2.35. The third-order valence-corrected chi connectivity index (χ3v) is 5.77. The van der Waals surface area contributed by atoms with Gasteiger partial charge >= 0.3 is 0 Å². The van der Waals surface area contributed by atoms with Crippen molar-refractivity contribution in [2.24, 2.45) is 0 Å². The summed E-state index contributed by atoms with van der Waals surface area (Å²) in [7, 11) is 1.47. The molecule has 34 heavy (non-hydrogen) atoms. The third kappa shape index (κ3) is 5.18. The standard InChI is InChI=1S/C23H25ClN6O4/c1-14-11-29(12-15(2)34-14)23(32)17-6-4-16(5-7-17)10-25-22(31)18-8-19(24)20(9-21(18)33-3)30-13-26-27-28-30/h4-9,13-15H,10-12H2,1-3H3,(H,25,31). The topological polar surface area (TPSA) is 111 Å². The molecule has 0 aliphatic carbocycles. The minimum absolute atomic E-state index is 0.00891. The van der Waals surface area contributed by atoms with Crippen molar-refractivity contribution in [3.8, 4) is 11.4 Å². The Morgan fingerprint density at radius 3 is 2.50 bits per heavy atom. The average molecular weight is 485 g/mol. The number of morpholine rings is 1. The van der Waals surface area contributed by atoms with Crippen LogP contribution in [0.25, 0.3) is 5.69 Å². The lowest BCUT2D eigenvalue weighted by Crippen LogP contribution is -2.48. The first-order valence-corrected chi connectivity index (χ1v) is 11.2. The summed E-state index contributed by atoms with van der Waals surface area (Å²) in [6, 6.07) is 10.3. The zero-order valence-electron chi connectivity index (χ0n) is 19.1. The molecule has 1 N–H and O–H groups in total. The highest BCUT2D eigenvalue weighted by atomic mass is 35.5. The first-order chi connectivity index (χ1) is 16.4. The number of aromatic nitrogens is 4. The maximum absolute atomic E-state index is 12.8. The number of rotatable bonds is 6. The second-order valence-corrected chi connectivity index (χ2v) is 8.51. The molecule has 1 aliphatic rings. The van der Waals surface area contributed by atoms with E-state index < -0.39 is 0 Å². The van der Waals surface area contributed by atoms with Crippen LogP contribution in [0.2, 0.25) is 5.02 Å². The van der Waals surface area contributed by atoms with Gasteiger partial charge in [-0.05, 0) is 48.0 Å². The fourth-order valence-corrected chi connectivity index (χ4v) is 4.16. The van der Waals surface area contributed by atoms with Crippen molar-refractivity contribution < 1.29 is 19.1 Å². The molecule has 1 saturated heterocycles. The minimum atomic E-state index is -0.349. The number of carbonyl (C=O) groups is 2. The molecule has 11 heteroatoms. The maximum Gasteiger partial charge on any atom is 0.255 e. The number of methoxy groups -OCH3 is 1. The molecule has 1 aromatic heterocycles. The lowest BCUT2D eigenvalue weighted by molar-refractivity contribution is -0.0586. The predicted octanol–water partition coefficient (Wildman–Crippen LogP) is 2.50.